The molecule has 1 fully saturated rings. The second-order valence-corrected chi connectivity index (χ2v) is 16.4. The Labute approximate surface area is 368 Å². The van der Waals surface area contributed by atoms with Gasteiger partial charge in [0.2, 0.25) is 11.5 Å². The summed E-state index contributed by atoms with van der Waals surface area (Å²) < 4.78 is 5.78. The number of rotatable bonds is 16. The third kappa shape index (κ3) is 11.8. The van der Waals surface area contributed by atoms with Crippen molar-refractivity contribution in [2.24, 2.45) is 0 Å². The minimum atomic E-state index is -0.468. The number of ether oxygens (including phenoxy) is 1. The Morgan fingerprint density at radius 3 is 2.37 bits per heavy atom. The molecule has 63 heavy (non-hydrogen) atoms. The molecule has 1 aliphatic heterocycles. The number of H-pyrrole nitrogens is 1. The lowest BCUT2D eigenvalue weighted by Gasteiger charge is -2.31. The number of phenolic OH excluding ortho intramolecular Hbond substituents is 1. The zero-order valence-electron chi connectivity index (χ0n) is 36.1. The summed E-state index contributed by atoms with van der Waals surface area (Å²) in [5.74, 6) is -0.0251. The quantitative estimate of drug-likeness (QED) is 0.0653. The van der Waals surface area contributed by atoms with Gasteiger partial charge in [-0.25, -0.2) is 4.79 Å². The first kappa shape index (κ1) is 44.3. The number of aromatic hydroxyl groups is 1. The first-order chi connectivity index (χ1) is 30.5. The zero-order valence-corrected chi connectivity index (χ0v) is 36.1. The average molecular weight is 849 g/mol. The van der Waals surface area contributed by atoms with Crippen LogP contribution in [-0.2, 0) is 22.5 Å². The Balaban J connectivity index is 0.807. The number of fused-ring (bicyclic) bond motifs is 1. The standard InChI is InChI=1S/C51H56N6O6/c1-34(42-20-22-46(58)49-44(42)21-23-47(59)55-49)32-52-35(2)30-36-10-9-11-37(31-36)33-53-50(61)39-16-18-40(19-17-39)56(3)48(60)26-29-57-27-24-41(25-28-57)63-51(62)54-45-15-8-7-14-43(45)38-12-5-4-6-13-38/h4-23,31,34-35,41,52,58H,24-30,32-33H2,1-3H3,(H,53,61)(H,54,62)(H,55,59)/t34-,35+/m0/s1. The summed E-state index contributed by atoms with van der Waals surface area (Å²) in [6.07, 6.45) is 1.86. The summed E-state index contributed by atoms with van der Waals surface area (Å²) in [6, 6.07) is 39.8. The van der Waals surface area contributed by atoms with Crippen molar-refractivity contribution in [2.75, 3.05) is 43.4 Å². The third-order valence-electron chi connectivity index (χ3n) is 11.8. The van der Waals surface area contributed by atoms with Crippen LogP contribution in [0.2, 0.25) is 0 Å². The highest BCUT2D eigenvalue weighted by Crippen LogP contribution is 2.30. The van der Waals surface area contributed by atoms with Crippen LogP contribution in [0.25, 0.3) is 22.0 Å². The normalized spacial score (nSPS) is 14.1. The highest BCUT2D eigenvalue weighted by molar-refractivity contribution is 5.96. The predicted octanol–water partition coefficient (Wildman–Crippen LogP) is 8.22. The number of carbonyl (C=O) groups is 3. The van der Waals surface area contributed by atoms with Crippen molar-refractivity contribution in [3.63, 3.8) is 0 Å². The first-order valence-corrected chi connectivity index (χ1v) is 21.7. The Morgan fingerprint density at radius 2 is 1.59 bits per heavy atom. The number of phenols is 1. The van der Waals surface area contributed by atoms with E-state index in [0.717, 1.165) is 52.7 Å². The fourth-order valence-corrected chi connectivity index (χ4v) is 8.16. The largest absolute Gasteiger partial charge is 0.506 e. The number of pyridine rings is 1. The van der Waals surface area contributed by atoms with E-state index in [-0.39, 0.29) is 41.2 Å². The summed E-state index contributed by atoms with van der Waals surface area (Å²) in [4.78, 5) is 57.5. The number of aromatic nitrogens is 1. The van der Waals surface area contributed by atoms with Gasteiger partial charge < -0.3 is 35.3 Å². The smallest absolute Gasteiger partial charge is 0.411 e. The first-order valence-electron chi connectivity index (χ1n) is 21.7. The maximum atomic E-state index is 13.2. The number of amides is 3. The van der Waals surface area contributed by atoms with E-state index in [0.29, 0.717) is 61.4 Å². The number of aromatic amines is 1. The third-order valence-corrected chi connectivity index (χ3v) is 11.8. The van der Waals surface area contributed by atoms with Gasteiger partial charge in [0.05, 0.1) is 11.2 Å². The maximum absolute atomic E-state index is 13.2. The summed E-state index contributed by atoms with van der Waals surface area (Å²) in [5, 5.41) is 20.7. The lowest BCUT2D eigenvalue weighted by molar-refractivity contribution is -0.118. The van der Waals surface area contributed by atoms with Crippen LogP contribution in [0, 0.1) is 0 Å². The molecule has 0 spiro atoms. The molecule has 7 rings (SSSR count). The van der Waals surface area contributed by atoms with Gasteiger partial charge in [-0.3, -0.25) is 19.7 Å². The molecule has 3 amide bonds. The molecule has 12 nitrogen and oxygen atoms in total. The van der Waals surface area contributed by atoms with Gasteiger partial charge in [0.25, 0.3) is 5.91 Å². The summed E-state index contributed by atoms with van der Waals surface area (Å²) in [7, 11) is 1.75. The highest BCUT2D eigenvalue weighted by Gasteiger charge is 2.24. The monoisotopic (exact) mass is 848 g/mol. The van der Waals surface area contributed by atoms with Crippen LogP contribution >= 0.6 is 0 Å². The number of nitrogens with one attached hydrogen (secondary N) is 4. The van der Waals surface area contributed by atoms with Crippen molar-refractivity contribution >= 4 is 40.2 Å². The van der Waals surface area contributed by atoms with Crippen molar-refractivity contribution in [3.05, 3.63) is 160 Å². The summed E-state index contributed by atoms with van der Waals surface area (Å²) >= 11 is 0. The van der Waals surface area contributed by atoms with Crippen LogP contribution in [0.1, 0.15) is 66.1 Å². The van der Waals surface area contributed by atoms with E-state index in [2.05, 4.69) is 51.8 Å². The number of hydrogen-bond acceptors (Lipinski definition) is 8. The van der Waals surface area contributed by atoms with Crippen molar-refractivity contribution in [1.82, 2.24) is 20.5 Å². The number of benzene rings is 5. The molecule has 1 saturated heterocycles. The van der Waals surface area contributed by atoms with Crippen molar-refractivity contribution in [1.29, 1.82) is 0 Å². The van der Waals surface area contributed by atoms with Gasteiger partial charge in [-0.15, -0.1) is 0 Å². The molecule has 0 radical (unpaired) electrons. The molecule has 2 atom stereocenters. The van der Waals surface area contributed by atoms with Gasteiger partial charge in [-0.1, -0.05) is 85.8 Å². The number of anilines is 2. The van der Waals surface area contributed by atoms with E-state index < -0.39 is 6.09 Å². The Morgan fingerprint density at radius 1 is 0.857 bits per heavy atom. The summed E-state index contributed by atoms with van der Waals surface area (Å²) in [6.45, 7) is 7.41. The van der Waals surface area contributed by atoms with Crippen LogP contribution in [0.15, 0.2) is 132 Å². The van der Waals surface area contributed by atoms with Crippen LogP contribution in [0.4, 0.5) is 16.2 Å². The molecule has 5 aromatic carbocycles. The SMILES string of the molecule is C[C@H](Cc1cccc(CNC(=O)c2ccc(N(C)C(=O)CCN3CCC(OC(=O)Nc4ccccc4-c4ccccc4)CC3)cc2)c1)NC[C@H](C)c1ccc(O)c2[nH]c(=O)ccc12. The van der Waals surface area contributed by atoms with E-state index in [1.807, 2.05) is 72.8 Å². The van der Waals surface area contributed by atoms with E-state index in [1.54, 1.807) is 48.3 Å². The molecule has 5 N–H and O–H groups in total. The predicted molar refractivity (Wildman–Crippen MR) is 249 cm³/mol. The topological polar surface area (TPSA) is 156 Å². The van der Waals surface area contributed by atoms with Crippen LogP contribution in [0.5, 0.6) is 5.75 Å². The lowest BCUT2D eigenvalue weighted by atomic mass is 9.95. The number of hydrogen-bond donors (Lipinski definition) is 5. The van der Waals surface area contributed by atoms with Crippen LogP contribution in [-0.4, -0.2) is 78.3 Å². The number of nitrogens with zero attached hydrogens (tertiary/aromatic N) is 2. The van der Waals surface area contributed by atoms with E-state index in [1.165, 1.54) is 6.07 Å². The molecule has 0 aliphatic carbocycles. The maximum Gasteiger partial charge on any atom is 0.411 e. The molecule has 0 saturated carbocycles. The number of carbonyl (C=O) groups excluding carboxylic acids is 3. The number of likely N-dealkylation sites (tertiary alicyclic amines) is 1. The van der Waals surface area contributed by atoms with E-state index in [4.69, 9.17) is 4.74 Å². The number of para-hydroxylation sites is 1. The second kappa shape index (κ2) is 20.9. The molecular weight excluding hydrogens is 793 g/mol. The Bertz CT molecular complexity index is 2570. The lowest BCUT2D eigenvalue weighted by Crippen LogP contribution is -2.40. The van der Waals surface area contributed by atoms with Crippen molar-refractivity contribution < 1.29 is 24.2 Å². The van der Waals surface area contributed by atoms with Gasteiger partial charge in [0, 0.05) is 80.5 Å². The van der Waals surface area contributed by atoms with Crippen molar-refractivity contribution in [2.45, 2.75) is 64.1 Å². The molecule has 12 heteroatoms. The van der Waals surface area contributed by atoms with E-state index >= 15 is 0 Å². The van der Waals surface area contributed by atoms with Gasteiger partial charge in [-0.2, -0.15) is 0 Å². The van der Waals surface area contributed by atoms with Crippen LogP contribution < -0.4 is 26.4 Å². The second-order valence-electron chi connectivity index (χ2n) is 16.4. The molecular formula is C51H56N6O6. The molecule has 2 heterocycles. The van der Waals surface area contributed by atoms with Gasteiger partial charge in [-0.05, 0) is 96.8 Å². The van der Waals surface area contributed by atoms with Gasteiger partial charge in [0.15, 0.2) is 0 Å². The molecule has 1 aliphatic rings. The fourth-order valence-electron chi connectivity index (χ4n) is 8.16. The number of piperidine rings is 1. The zero-order chi connectivity index (χ0) is 44.3. The van der Waals surface area contributed by atoms with Gasteiger partial charge in [0.1, 0.15) is 11.9 Å². The molecule has 6 aromatic rings. The Hall–Kier alpha value is -6.76. The molecule has 1 aromatic heterocycles. The average Bonchev–Trinajstić information content (AvgIpc) is 3.30. The van der Waals surface area contributed by atoms with Crippen LogP contribution in [0.3, 0.4) is 0 Å². The minimum absolute atomic E-state index is 0.0226. The summed E-state index contributed by atoms with van der Waals surface area (Å²) in [5.41, 5.74) is 7.26. The molecule has 326 valence electrons. The highest BCUT2D eigenvalue weighted by atomic mass is 16.6. The Kier molecular flexibility index (Phi) is 14.7. The molecule has 0 bridgehead atoms. The minimum Gasteiger partial charge on any atom is -0.506 e. The van der Waals surface area contributed by atoms with Gasteiger partial charge >= 0.3 is 6.09 Å². The van der Waals surface area contributed by atoms with Crippen molar-refractivity contribution in [3.8, 4) is 16.9 Å². The fraction of sp³-hybridized carbons (Fsp3) is 0.294. The molecule has 0 unspecified atom stereocenters. The van der Waals surface area contributed by atoms with E-state index in [9.17, 15) is 24.3 Å².